The molecule has 1 saturated heterocycles. The molecule has 0 amide bonds. The maximum atomic E-state index is 12.0. The van der Waals surface area contributed by atoms with Gasteiger partial charge in [-0.15, -0.1) is 11.3 Å². The number of rotatable bonds is 4. The summed E-state index contributed by atoms with van der Waals surface area (Å²) in [6, 6.07) is 5.37. The fourth-order valence-corrected chi connectivity index (χ4v) is 2.81. The molecule has 0 aliphatic carbocycles. The number of ether oxygens (including phenoxy) is 3. The van der Waals surface area contributed by atoms with Gasteiger partial charge in [0, 0.05) is 17.5 Å². The molecule has 3 rings (SSSR count). The SMILES string of the molecule is COC(=O)c1cccc(-c2ncc(C)s2)c1OC1CCO1. The minimum atomic E-state index is -0.431. The Balaban J connectivity index is 2.06. The molecule has 2 heterocycles. The Morgan fingerprint density at radius 1 is 1.48 bits per heavy atom. The predicted molar refractivity (Wildman–Crippen MR) is 78.6 cm³/mol. The van der Waals surface area contributed by atoms with Crippen molar-refractivity contribution in [3.8, 4) is 16.3 Å². The van der Waals surface area contributed by atoms with Crippen molar-refractivity contribution < 1.29 is 19.0 Å². The van der Waals surface area contributed by atoms with Gasteiger partial charge in [0.15, 0.2) is 0 Å². The van der Waals surface area contributed by atoms with Crippen LogP contribution in [0.25, 0.3) is 10.6 Å². The van der Waals surface area contributed by atoms with Crippen LogP contribution in [0.1, 0.15) is 21.7 Å². The maximum Gasteiger partial charge on any atom is 0.341 e. The number of hydrogen-bond acceptors (Lipinski definition) is 6. The molecule has 110 valence electrons. The molecule has 1 aliphatic heterocycles. The molecule has 0 radical (unpaired) electrons. The maximum absolute atomic E-state index is 12.0. The molecule has 5 nitrogen and oxygen atoms in total. The number of esters is 1. The lowest BCUT2D eigenvalue weighted by Gasteiger charge is -2.28. The van der Waals surface area contributed by atoms with E-state index in [-0.39, 0.29) is 6.29 Å². The van der Waals surface area contributed by atoms with Gasteiger partial charge in [0.2, 0.25) is 6.29 Å². The number of aromatic nitrogens is 1. The average Bonchev–Trinajstić information content (AvgIpc) is 2.88. The van der Waals surface area contributed by atoms with Crippen LogP contribution in [0.5, 0.6) is 5.75 Å². The van der Waals surface area contributed by atoms with Crippen LogP contribution >= 0.6 is 11.3 Å². The van der Waals surface area contributed by atoms with Gasteiger partial charge < -0.3 is 14.2 Å². The minimum Gasteiger partial charge on any atom is -0.465 e. The Morgan fingerprint density at radius 2 is 2.29 bits per heavy atom. The number of benzene rings is 1. The Morgan fingerprint density at radius 3 is 2.86 bits per heavy atom. The van der Waals surface area contributed by atoms with Gasteiger partial charge in [-0.3, -0.25) is 0 Å². The zero-order chi connectivity index (χ0) is 14.8. The number of carbonyl (C=O) groups is 1. The molecule has 1 unspecified atom stereocenters. The van der Waals surface area contributed by atoms with E-state index in [0.717, 1.165) is 21.9 Å². The third-order valence-electron chi connectivity index (χ3n) is 3.18. The number of nitrogens with zero attached hydrogens (tertiary/aromatic N) is 1. The second kappa shape index (κ2) is 5.83. The average molecular weight is 305 g/mol. The lowest BCUT2D eigenvalue weighted by Crippen LogP contribution is -2.33. The standard InChI is InChI=1S/C15H15NO4S/c1-9-8-16-14(21-9)10-4-3-5-11(15(17)18-2)13(10)20-12-6-7-19-12/h3-5,8,12H,6-7H2,1-2H3. The van der Waals surface area contributed by atoms with Crippen molar-refractivity contribution >= 4 is 17.3 Å². The predicted octanol–water partition coefficient (Wildman–Crippen LogP) is 3.03. The molecule has 0 saturated carbocycles. The van der Waals surface area contributed by atoms with E-state index in [9.17, 15) is 4.79 Å². The van der Waals surface area contributed by atoms with Gasteiger partial charge in [0.1, 0.15) is 16.3 Å². The second-order valence-corrected chi connectivity index (χ2v) is 5.89. The monoisotopic (exact) mass is 305 g/mol. The van der Waals surface area contributed by atoms with Gasteiger partial charge in [-0.25, -0.2) is 9.78 Å². The first kappa shape index (κ1) is 14.0. The highest BCUT2D eigenvalue weighted by molar-refractivity contribution is 7.15. The summed E-state index contributed by atoms with van der Waals surface area (Å²) in [5.74, 6) is 0.0443. The van der Waals surface area contributed by atoms with E-state index in [1.165, 1.54) is 7.11 Å². The lowest BCUT2D eigenvalue weighted by molar-refractivity contribution is -0.165. The van der Waals surface area contributed by atoms with Crippen molar-refractivity contribution in [3.05, 3.63) is 34.8 Å². The molecule has 6 heteroatoms. The van der Waals surface area contributed by atoms with Gasteiger partial charge in [-0.05, 0) is 19.1 Å². The number of methoxy groups -OCH3 is 1. The van der Waals surface area contributed by atoms with Crippen molar-refractivity contribution in [1.29, 1.82) is 0 Å². The first-order valence-electron chi connectivity index (χ1n) is 6.61. The summed E-state index contributed by atoms with van der Waals surface area (Å²) in [5, 5.41) is 0.813. The molecule has 21 heavy (non-hydrogen) atoms. The van der Waals surface area contributed by atoms with Crippen LogP contribution in [-0.4, -0.2) is 31.0 Å². The topological polar surface area (TPSA) is 57.7 Å². The summed E-state index contributed by atoms with van der Waals surface area (Å²) < 4.78 is 16.0. The Hall–Kier alpha value is -1.92. The number of aryl methyl sites for hydroxylation is 1. The van der Waals surface area contributed by atoms with Gasteiger partial charge in [-0.1, -0.05) is 6.07 Å². The number of thiazole rings is 1. The van der Waals surface area contributed by atoms with Crippen molar-refractivity contribution in [3.63, 3.8) is 0 Å². The van der Waals surface area contributed by atoms with E-state index < -0.39 is 5.97 Å². The van der Waals surface area contributed by atoms with Crippen molar-refractivity contribution in [2.24, 2.45) is 0 Å². The zero-order valence-corrected chi connectivity index (χ0v) is 12.6. The van der Waals surface area contributed by atoms with E-state index in [1.807, 2.05) is 13.0 Å². The van der Waals surface area contributed by atoms with E-state index in [4.69, 9.17) is 14.2 Å². The summed E-state index contributed by atoms with van der Waals surface area (Å²) in [6.07, 6.45) is 2.30. The first-order valence-corrected chi connectivity index (χ1v) is 7.43. The Kier molecular flexibility index (Phi) is 3.90. The fraction of sp³-hybridized carbons (Fsp3) is 0.333. The summed E-state index contributed by atoms with van der Waals surface area (Å²) in [6.45, 7) is 2.66. The largest absolute Gasteiger partial charge is 0.465 e. The van der Waals surface area contributed by atoms with Gasteiger partial charge in [-0.2, -0.15) is 0 Å². The molecule has 0 N–H and O–H groups in total. The van der Waals surface area contributed by atoms with E-state index >= 15 is 0 Å². The molecule has 1 aromatic carbocycles. The number of para-hydroxylation sites is 1. The van der Waals surface area contributed by atoms with Crippen LogP contribution in [0.15, 0.2) is 24.4 Å². The molecule has 2 aromatic rings. The quantitative estimate of drug-likeness (QED) is 0.813. The first-order chi connectivity index (χ1) is 10.2. The fourth-order valence-electron chi connectivity index (χ4n) is 2.02. The van der Waals surface area contributed by atoms with Crippen LogP contribution in [0.3, 0.4) is 0 Å². The smallest absolute Gasteiger partial charge is 0.341 e. The van der Waals surface area contributed by atoms with Crippen molar-refractivity contribution in [1.82, 2.24) is 4.98 Å². The second-order valence-electron chi connectivity index (χ2n) is 4.66. The van der Waals surface area contributed by atoms with Crippen LogP contribution in [-0.2, 0) is 9.47 Å². The Bertz CT molecular complexity index is 663. The number of hydrogen-bond donors (Lipinski definition) is 0. The normalized spacial score (nSPS) is 17.1. The molecule has 1 atom stereocenters. The summed E-state index contributed by atoms with van der Waals surface area (Å²) in [7, 11) is 1.35. The van der Waals surface area contributed by atoms with Gasteiger partial charge in [0.25, 0.3) is 0 Å². The highest BCUT2D eigenvalue weighted by atomic mass is 32.1. The molecule has 0 spiro atoms. The zero-order valence-electron chi connectivity index (χ0n) is 11.8. The van der Waals surface area contributed by atoms with Crippen molar-refractivity contribution in [2.75, 3.05) is 13.7 Å². The Labute approximate surface area is 126 Å². The highest BCUT2D eigenvalue weighted by Crippen LogP contribution is 2.37. The van der Waals surface area contributed by atoms with Crippen LogP contribution in [0.2, 0.25) is 0 Å². The third-order valence-corrected chi connectivity index (χ3v) is 4.12. The summed E-state index contributed by atoms with van der Waals surface area (Å²) in [4.78, 5) is 17.4. The van der Waals surface area contributed by atoms with Gasteiger partial charge in [0.05, 0.1) is 19.3 Å². The van der Waals surface area contributed by atoms with Gasteiger partial charge >= 0.3 is 5.97 Å². The summed E-state index contributed by atoms with van der Waals surface area (Å²) >= 11 is 1.55. The summed E-state index contributed by atoms with van der Waals surface area (Å²) in [5.41, 5.74) is 1.17. The molecule has 1 aliphatic rings. The number of carbonyl (C=O) groups excluding carboxylic acids is 1. The lowest BCUT2D eigenvalue weighted by atomic mass is 10.1. The highest BCUT2D eigenvalue weighted by Gasteiger charge is 2.26. The van der Waals surface area contributed by atoms with E-state index in [1.54, 1.807) is 29.7 Å². The third kappa shape index (κ3) is 2.77. The van der Waals surface area contributed by atoms with Crippen molar-refractivity contribution in [2.45, 2.75) is 19.6 Å². The minimum absolute atomic E-state index is 0.310. The molecular formula is C15H15NO4S. The van der Waals surface area contributed by atoms with E-state index in [0.29, 0.717) is 17.9 Å². The molecular weight excluding hydrogens is 290 g/mol. The molecule has 0 bridgehead atoms. The van der Waals surface area contributed by atoms with Crippen LogP contribution in [0, 0.1) is 6.92 Å². The van der Waals surface area contributed by atoms with Crippen LogP contribution in [0.4, 0.5) is 0 Å². The molecule has 1 fully saturated rings. The van der Waals surface area contributed by atoms with Crippen LogP contribution < -0.4 is 4.74 Å². The van der Waals surface area contributed by atoms with E-state index in [2.05, 4.69) is 4.98 Å². The molecule has 1 aromatic heterocycles.